The predicted octanol–water partition coefficient (Wildman–Crippen LogP) is 4.88. The molecule has 0 aliphatic carbocycles. The fourth-order valence-electron chi connectivity index (χ4n) is 2.05. The van der Waals surface area contributed by atoms with Crippen LogP contribution in [0.15, 0.2) is 47.8 Å². The summed E-state index contributed by atoms with van der Waals surface area (Å²) in [5.41, 5.74) is 1.01. The summed E-state index contributed by atoms with van der Waals surface area (Å²) in [5, 5.41) is 11.3. The van der Waals surface area contributed by atoms with E-state index in [0.717, 1.165) is 5.56 Å². The van der Waals surface area contributed by atoms with Crippen molar-refractivity contribution in [2.45, 2.75) is 6.61 Å². The third-order valence-electron chi connectivity index (χ3n) is 3.25. The molecule has 122 valence electrons. The summed E-state index contributed by atoms with van der Waals surface area (Å²) in [6, 6.07) is 11.5. The van der Waals surface area contributed by atoms with Gasteiger partial charge in [-0.25, -0.2) is 14.2 Å². The van der Waals surface area contributed by atoms with Gasteiger partial charge in [-0.2, -0.15) is 0 Å². The van der Waals surface area contributed by atoms with Crippen LogP contribution in [0.3, 0.4) is 0 Å². The number of nitrogens with zero attached hydrogens (tertiary/aromatic N) is 1. The number of aromatic nitrogens is 1. The van der Waals surface area contributed by atoms with Gasteiger partial charge in [0.1, 0.15) is 23.2 Å². The zero-order valence-corrected chi connectivity index (χ0v) is 13.8. The number of carboxylic acids is 1. The second-order valence-electron chi connectivity index (χ2n) is 4.86. The molecule has 0 atom stereocenters. The van der Waals surface area contributed by atoms with Crippen LogP contribution in [0.4, 0.5) is 4.39 Å². The van der Waals surface area contributed by atoms with Crippen molar-refractivity contribution in [2.24, 2.45) is 0 Å². The Labute approximate surface area is 146 Å². The molecule has 7 heteroatoms. The van der Waals surface area contributed by atoms with Crippen molar-refractivity contribution in [1.82, 2.24) is 4.98 Å². The topological polar surface area (TPSA) is 59.4 Å². The number of ether oxygens (including phenoxy) is 1. The van der Waals surface area contributed by atoms with Gasteiger partial charge in [-0.05, 0) is 24.3 Å². The Morgan fingerprint density at radius 3 is 2.79 bits per heavy atom. The number of carbonyl (C=O) groups is 1. The maximum Gasteiger partial charge on any atom is 0.355 e. The van der Waals surface area contributed by atoms with E-state index in [9.17, 15) is 9.18 Å². The molecule has 0 aliphatic rings. The molecule has 1 heterocycles. The number of aromatic carboxylic acids is 1. The van der Waals surface area contributed by atoms with Crippen LogP contribution in [0.1, 0.15) is 16.1 Å². The summed E-state index contributed by atoms with van der Waals surface area (Å²) >= 11 is 7.20. The lowest BCUT2D eigenvalue weighted by Gasteiger charge is -2.09. The Bertz CT molecular complexity index is 877. The summed E-state index contributed by atoms with van der Waals surface area (Å²) in [7, 11) is 0. The summed E-state index contributed by atoms with van der Waals surface area (Å²) in [6.45, 7) is -0.00674. The predicted molar refractivity (Wildman–Crippen MR) is 90.3 cm³/mol. The molecule has 1 aromatic heterocycles. The number of rotatable bonds is 5. The molecule has 1 N–H and O–H groups in total. The molecule has 0 radical (unpaired) electrons. The van der Waals surface area contributed by atoms with Crippen molar-refractivity contribution in [3.63, 3.8) is 0 Å². The standard InChI is InChI=1S/C17H11ClFNO3S/c18-13-5-2-6-14(19)12(13)8-23-11-4-1-3-10(7-11)16-20-15(9-24-16)17(21)22/h1-7,9H,8H2,(H,21,22). The van der Waals surface area contributed by atoms with Gasteiger partial charge in [0.05, 0.1) is 5.02 Å². The van der Waals surface area contributed by atoms with E-state index in [0.29, 0.717) is 15.8 Å². The van der Waals surface area contributed by atoms with E-state index in [-0.39, 0.29) is 17.9 Å². The highest BCUT2D eigenvalue weighted by Gasteiger charge is 2.11. The van der Waals surface area contributed by atoms with Crippen LogP contribution >= 0.6 is 22.9 Å². The fraction of sp³-hybridized carbons (Fsp3) is 0.0588. The number of carboxylic acid groups (broad SMARTS) is 1. The molecule has 0 aliphatic heterocycles. The molecule has 0 saturated heterocycles. The monoisotopic (exact) mass is 363 g/mol. The largest absolute Gasteiger partial charge is 0.489 e. The zero-order chi connectivity index (χ0) is 17.1. The first-order valence-electron chi connectivity index (χ1n) is 6.89. The van der Waals surface area contributed by atoms with Gasteiger partial charge in [0.2, 0.25) is 0 Å². The maximum atomic E-state index is 13.7. The second-order valence-corrected chi connectivity index (χ2v) is 6.13. The molecule has 2 aromatic carbocycles. The minimum atomic E-state index is -1.07. The van der Waals surface area contributed by atoms with Crippen molar-refractivity contribution in [2.75, 3.05) is 0 Å². The molecule has 0 fully saturated rings. The lowest BCUT2D eigenvalue weighted by atomic mass is 10.2. The van der Waals surface area contributed by atoms with Crippen molar-refractivity contribution >= 4 is 28.9 Å². The van der Waals surface area contributed by atoms with Crippen LogP contribution in [-0.2, 0) is 6.61 Å². The van der Waals surface area contributed by atoms with Gasteiger partial charge in [-0.1, -0.05) is 29.8 Å². The quantitative estimate of drug-likeness (QED) is 0.701. The van der Waals surface area contributed by atoms with Crippen LogP contribution in [0.2, 0.25) is 5.02 Å². The van der Waals surface area contributed by atoms with E-state index in [1.165, 1.54) is 28.8 Å². The maximum absolute atomic E-state index is 13.7. The average Bonchev–Trinajstić information content (AvgIpc) is 3.05. The first-order chi connectivity index (χ1) is 11.5. The number of thiazole rings is 1. The minimum absolute atomic E-state index is 0.000500. The first kappa shape index (κ1) is 16.4. The molecule has 0 spiro atoms. The van der Waals surface area contributed by atoms with Crippen molar-refractivity contribution < 1.29 is 19.0 Å². The molecular formula is C17H11ClFNO3S. The molecular weight excluding hydrogens is 353 g/mol. The number of hydrogen-bond acceptors (Lipinski definition) is 4. The molecule has 4 nitrogen and oxygen atoms in total. The van der Waals surface area contributed by atoms with Gasteiger partial charge in [0, 0.05) is 16.5 Å². The highest BCUT2D eigenvalue weighted by atomic mass is 35.5. The van der Waals surface area contributed by atoms with E-state index >= 15 is 0 Å². The zero-order valence-electron chi connectivity index (χ0n) is 12.2. The summed E-state index contributed by atoms with van der Waals surface area (Å²) in [5.74, 6) is -0.984. The Hall–Kier alpha value is -2.44. The Balaban J connectivity index is 1.79. The van der Waals surface area contributed by atoms with Crippen LogP contribution < -0.4 is 4.74 Å². The lowest BCUT2D eigenvalue weighted by Crippen LogP contribution is -1.99. The molecule has 0 saturated carbocycles. The Morgan fingerprint density at radius 2 is 2.08 bits per heavy atom. The van der Waals surface area contributed by atoms with Gasteiger partial charge < -0.3 is 9.84 Å². The number of halogens is 2. The van der Waals surface area contributed by atoms with E-state index in [2.05, 4.69) is 4.98 Å². The van der Waals surface area contributed by atoms with Gasteiger partial charge in [-0.3, -0.25) is 0 Å². The van der Waals surface area contributed by atoms with Crippen LogP contribution in [0.25, 0.3) is 10.6 Å². The minimum Gasteiger partial charge on any atom is -0.489 e. The SMILES string of the molecule is O=C(O)c1csc(-c2cccc(OCc3c(F)cccc3Cl)c2)n1. The normalized spacial score (nSPS) is 10.6. The third kappa shape index (κ3) is 3.55. The average molecular weight is 364 g/mol. The van der Waals surface area contributed by atoms with Crippen LogP contribution in [0, 0.1) is 5.82 Å². The van der Waals surface area contributed by atoms with Crippen LogP contribution in [0.5, 0.6) is 5.75 Å². The molecule has 0 unspecified atom stereocenters. The molecule has 24 heavy (non-hydrogen) atoms. The third-order valence-corrected chi connectivity index (χ3v) is 4.49. The summed E-state index contributed by atoms with van der Waals surface area (Å²) in [4.78, 5) is 15.0. The second kappa shape index (κ2) is 6.98. The summed E-state index contributed by atoms with van der Waals surface area (Å²) < 4.78 is 19.4. The Kier molecular flexibility index (Phi) is 4.78. The molecule has 0 bridgehead atoms. The molecule has 3 rings (SSSR count). The van der Waals surface area contributed by atoms with Gasteiger partial charge in [0.15, 0.2) is 5.69 Å². The van der Waals surface area contributed by atoms with Crippen LogP contribution in [-0.4, -0.2) is 16.1 Å². The smallest absolute Gasteiger partial charge is 0.355 e. The lowest BCUT2D eigenvalue weighted by molar-refractivity contribution is 0.0691. The van der Waals surface area contributed by atoms with E-state index < -0.39 is 11.8 Å². The van der Waals surface area contributed by atoms with E-state index in [4.69, 9.17) is 21.4 Å². The Morgan fingerprint density at radius 1 is 1.29 bits per heavy atom. The molecule has 3 aromatic rings. The van der Waals surface area contributed by atoms with Crippen molar-refractivity contribution in [1.29, 1.82) is 0 Å². The first-order valence-corrected chi connectivity index (χ1v) is 8.15. The molecule has 0 amide bonds. The van der Waals surface area contributed by atoms with Crippen molar-refractivity contribution in [3.8, 4) is 16.3 Å². The summed E-state index contributed by atoms with van der Waals surface area (Å²) in [6.07, 6.45) is 0. The van der Waals surface area contributed by atoms with Crippen molar-refractivity contribution in [3.05, 3.63) is 69.9 Å². The van der Waals surface area contributed by atoms with Gasteiger partial charge >= 0.3 is 5.97 Å². The number of hydrogen-bond donors (Lipinski definition) is 1. The highest BCUT2D eigenvalue weighted by molar-refractivity contribution is 7.13. The fourth-order valence-corrected chi connectivity index (χ4v) is 3.06. The van der Waals surface area contributed by atoms with Gasteiger partial charge in [-0.15, -0.1) is 11.3 Å². The van der Waals surface area contributed by atoms with E-state index in [1.807, 2.05) is 0 Å². The van der Waals surface area contributed by atoms with Gasteiger partial charge in [0.25, 0.3) is 0 Å². The van der Waals surface area contributed by atoms with E-state index in [1.54, 1.807) is 30.3 Å². The number of benzene rings is 2. The highest BCUT2D eigenvalue weighted by Crippen LogP contribution is 2.28.